The Bertz CT molecular complexity index is 838. The van der Waals surface area contributed by atoms with E-state index in [0.29, 0.717) is 27.3 Å². The van der Waals surface area contributed by atoms with Crippen molar-refractivity contribution < 1.29 is 10.2 Å². The quantitative estimate of drug-likeness (QED) is 0.628. The van der Waals surface area contributed by atoms with Crippen LogP contribution in [0.15, 0.2) is 23.3 Å². The fourth-order valence-corrected chi connectivity index (χ4v) is 2.59. The third kappa shape index (κ3) is 1.75. The normalized spacial score (nSPS) is 11.0. The highest BCUT2D eigenvalue weighted by atomic mass is 32.1. The number of phenols is 2. The summed E-state index contributed by atoms with van der Waals surface area (Å²) in [7, 11) is 0. The van der Waals surface area contributed by atoms with Gasteiger partial charge in [-0.05, 0) is 19.1 Å². The van der Waals surface area contributed by atoms with Crippen molar-refractivity contribution in [2.45, 2.75) is 6.92 Å². The third-order valence-corrected chi connectivity index (χ3v) is 3.75. The van der Waals surface area contributed by atoms with Crippen LogP contribution in [0.4, 0.5) is 0 Å². The largest absolute Gasteiger partial charge is 0.508 e. The molecule has 3 rings (SSSR count). The molecule has 0 aliphatic rings. The number of aromatic amines is 1. The Morgan fingerprint density at radius 2 is 2.11 bits per heavy atom. The molecule has 19 heavy (non-hydrogen) atoms. The topological polar surface area (TPSA) is 99.1 Å². The molecule has 2 heterocycles. The Balaban J connectivity index is 2.30. The summed E-state index contributed by atoms with van der Waals surface area (Å²) in [5.41, 5.74) is 1.41. The molecule has 0 saturated carbocycles. The van der Waals surface area contributed by atoms with E-state index in [-0.39, 0.29) is 16.2 Å². The van der Waals surface area contributed by atoms with Gasteiger partial charge in [-0.15, -0.1) is 0 Å². The predicted octanol–water partition coefficient (Wildman–Crippen LogP) is 1.77. The van der Waals surface area contributed by atoms with E-state index < -0.39 is 0 Å². The lowest BCUT2D eigenvalue weighted by atomic mass is 10.1. The molecule has 0 atom stereocenters. The smallest absolute Gasteiger partial charge is 0.261 e. The molecule has 2 aromatic heterocycles. The van der Waals surface area contributed by atoms with Crippen LogP contribution in [-0.4, -0.2) is 25.2 Å². The van der Waals surface area contributed by atoms with Gasteiger partial charge in [0.2, 0.25) is 0 Å². The van der Waals surface area contributed by atoms with Crippen LogP contribution >= 0.6 is 11.3 Å². The van der Waals surface area contributed by atoms with Crippen molar-refractivity contribution >= 4 is 22.5 Å². The van der Waals surface area contributed by atoms with Crippen molar-refractivity contribution in [3.05, 3.63) is 33.6 Å². The van der Waals surface area contributed by atoms with Crippen molar-refractivity contribution in [2.24, 2.45) is 0 Å². The van der Waals surface area contributed by atoms with E-state index in [1.165, 1.54) is 18.5 Å². The number of nitrogens with zero attached hydrogens (tertiary/aromatic N) is 2. The average molecular weight is 275 g/mol. The van der Waals surface area contributed by atoms with Gasteiger partial charge in [0.1, 0.15) is 22.0 Å². The maximum Gasteiger partial charge on any atom is 0.261 e. The van der Waals surface area contributed by atoms with Crippen LogP contribution in [0, 0.1) is 6.92 Å². The maximum absolute atomic E-state index is 11.9. The molecule has 0 fully saturated rings. The molecule has 0 radical (unpaired) electrons. The number of hydrogen-bond acceptors (Lipinski definition) is 6. The number of phenolic OH excluding ortho intramolecular Hbond substituents is 2. The summed E-state index contributed by atoms with van der Waals surface area (Å²) in [6, 6.07) is 2.98. The highest BCUT2D eigenvalue weighted by molar-refractivity contribution is 7.13. The molecule has 6 nitrogen and oxygen atoms in total. The lowest BCUT2D eigenvalue weighted by Gasteiger charge is -2.07. The zero-order chi connectivity index (χ0) is 13.6. The zero-order valence-electron chi connectivity index (χ0n) is 9.84. The van der Waals surface area contributed by atoms with E-state index >= 15 is 0 Å². The first-order valence-electron chi connectivity index (χ1n) is 5.44. The van der Waals surface area contributed by atoms with Crippen LogP contribution in [-0.2, 0) is 0 Å². The highest BCUT2D eigenvalue weighted by Gasteiger charge is 2.14. The summed E-state index contributed by atoms with van der Waals surface area (Å²) >= 11 is 0.914. The number of fused-ring (bicyclic) bond motifs is 1. The van der Waals surface area contributed by atoms with Crippen molar-refractivity contribution in [1.82, 2.24) is 15.0 Å². The molecule has 3 aromatic rings. The van der Waals surface area contributed by atoms with Crippen molar-refractivity contribution in [1.29, 1.82) is 0 Å². The predicted molar refractivity (Wildman–Crippen MR) is 71.5 cm³/mol. The van der Waals surface area contributed by atoms with Gasteiger partial charge in [-0.2, -0.15) is 0 Å². The molecule has 0 saturated heterocycles. The first-order chi connectivity index (χ1) is 9.08. The lowest BCUT2D eigenvalue weighted by molar-refractivity contribution is 0.444. The summed E-state index contributed by atoms with van der Waals surface area (Å²) in [6.45, 7) is 1.59. The van der Waals surface area contributed by atoms with Crippen molar-refractivity contribution in [3.8, 4) is 22.1 Å². The van der Waals surface area contributed by atoms with Gasteiger partial charge in [0, 0.05) is 5.56 Å². The molecule has 0 spiro atoms. The second-order valence-electron chi connectivity index (χ2n) is 4.01. The summed E-state index contributed by atoms with van der Waals surface area (Å²) < 4.78 is -0.206. The second-order valence-corrected chi connectivity index (χ2v) is 4.98. The van der Waals surface area contributed by atoms with E-state index in [9.17, 15) is 15.0 Å². The first-order valence-corrected chi connectivity index (χ1v) is 6.25. The van der Waals surface area contributed by atoms with Gasteiger partial charge >= 0.3 is 0 Å². The summed E-state index contributed by atoms with van der Waals surface area (Å²) in [4.78, 5) is 22.8. The summed E-state index contributed by atoms with van der Waals surface area (Å²) in [6.07, 6.45) is 1.40. The third-order valence-electron chi connectivity index (χ3n) is 2.85. The Hall–Kier alpha value is -2.41. The van der Waals surface area contributed by atoms with Gasteiger partial charge in [-0.25, -0.2) is 9.97 Å². The van der Waals surface area contributed by atoms with Gasteiger partial charge < -0.3 is 15.2 Å². The molecule has 0 bridgehead atoms. The molecule has 7 heteroatoms. The molecule has 96 valence electrons. The number of imidazole rings is 1. The number of hydrogen-bond donors (Lipinski definition) is 3. The molecule has 0 amide bonds. The Morgan fingerprint density at radius 3 is 2.89 bits per heavy atom. The van der Waals surface area contributed by atoms with Crippen LogP contribution in [0.2, 0.25) is 0 Å². The minimum Gasteiger partial charge on any atom is -0.508 e. The zero-order valence-corrected chi connectivity index (χ0v) is 10.7. The van der Waals surface area contributed by atoms with E-state index in [0.717, 1.165) is 11.3 Å². The minimum atomic E-state index is -0.206. The molecule has 0 unspecified atom stereocenters. The van der Waals surface area contributed by atoms with Crippen LogP contribution in [0.1, 0.15) is 5.56 Å². The highest BCUT2D eigenvalue weighted by Crippen LogP contribution is 2.36. The van der Waals surface area contributed by atoms with Gasteiger partial charge in [0.05, 0.1) is 11.9 Å². The molecule has 1 aromatic carbocycles. The summed E-state index contributed by atoms with van der Waals surface area (Å²) in [5, 5.41) is 19.9. The van der Waals surface area contributed by atoms with E-state index in [1.807, 2.05) is 0 Å². The minimum absolute atomic E-state index is 0.00514. The van der Waals surface area contributed by atoms with Gasteiger partial charge in [-0.1, -0.05) is 11.3 Å². The SMILES string of the molecule is Cc1c(O)ccc(-c2nc3nc[nH]c3c(=O)s2)c1O. The molecular weight excluding hydrogens is 266 g/mol. The van der Waals surface area contributed by atoms with Gasteiger partial charge in [0.15, 0.2) is 5.65 Å². The van der Waals surface area contributed by atoms with Gasteiger partial charge in [0.25, 0.3) is 4.74 Å². The van der Waals surface area contributed by atoms with Crippen molar-refractivity contribution in [3.63, 3.8) is 0 Å². The maximum atomic E-state index is 11.9. The molecule has 0 aliphatic carbocycles. The van der Waals surface area contributed by atoms with Crippen LogP contribution < -0.4 is 4.74 Å². The van der Waals surface area contributed by atoms with Crippen LogP contribution in [0.5, 0.6) is 11.5 Å². The molecule has 0 aliphatic heterocycles. The monoisotopic (exact) mass is 275 g/mol. The van der Waals surface area contributed by atoms with Crippen LogP contribution in [0.25, 0.3) is 21.7 Å². The fraction of sp³-hybridized carbons (Fsp3) is 0.0833. The van der Waals surface area contributed by atoms with E-state index in [4.69, 9.17) is 0 Å². The Kier molecular flexibility index (Phi) is 2.49. The summed E-state index contributed by atoms with van der Waals surface area (Å²) in [5.74, 6) is -0.0903. The van der Waals surface area contributed by atoms with E-state index in [2.05, 4.69) is 15.0 Å². The number of rotatable bonds is 1. The number of aromatic hydroxyl groups is 2. The average Bonchev–Trinajstić information content (AvgIpc) is 2.85. The Labute approximate surface area is 111 Å². The number of nitrogens with one attached hydrogen (secondary N) is 1. The van der Waals surface area contributed by atoms with E-state index in [1.54, 1.807) is 6.92 Å². The molecular formula is C12H9N3O3S. The first kappa shape index (κ1) is 11.7. The van der Waals surface area contributed by atoms with Crippen LogP contribution in [0.3, 0.4) is 0 Å². The van der Waals surface area contributed by atoms with Crippen molar-refractivity contribution in [2.75, 3.05) is 0 Å². The number of H-pyrrole nitrogens is 1. The Morgan fingerprint density at radius 1 is 1.32 bits per heavy atom. The number of benzene rings is 1. The van der Waals surface area contributed by atoms with Gasteiger partial charge in [-0.3, -0.25) is 4.79 Å². The number of aromatic nitrogens is 3. The standard InChI is InChI=1S/C12H9N3O3S/c1-5-7(16)3-2-6(9(5)17)11-15-10-8(12(18)19-11)13-4-14-10/h2-4,16-17H,1H3,(H,13,14). The fourth-order valence-electron chi connectivity index (χ4n) is 1.76. The lowest BCUT2D eigenvalue weighted by Crippen LogP contribution is -1.98. The second kappa shape index (κ2) is 4.06. The molecule has 3 N–H and O–H groups in total.